The van der Waals surface area contributed by atoms with E-state index in [9.17, 15) is 36.0 Å². The van der Waals surface area contributed by atoms with Crippen LogP contribution in [0.5, 0.6) is 5.88 Å². The molecule has 3 N–H and O–H groups in total. The topological polar surface area (TPSA) is 186 Å². The molecule has 2 aromatic rings. The molecule has 5 aliphatic rings. The molecule has 2 aliphatic carbocycles. The number of hydrogen-bond donors (Lipinski definition) is 3. The zero-order valence-corrected chi connectivity index (χ0v) is 36.6. The largest absolute Gasteiger partial charge is 0.472 e. The van der Waals surface area contributed by atoms with Crippen LogP contribution in [0.1, 0.15) is 86.0 Å². The number of anilines is 1. The molecule has 4 amide bonds. The number of allylic oxidation sites excluding steroid dienone is 1. The van der Waals surface area contributed by atoms with E-state index in [1.165, 1.54) is 4.90 Å². The summed E-state index contributed by atoms with van der Waals surface area (Å²) in [7, 11) is -4.08. The number of hydrogen-bond acceptors (Lipinski definition) is 11. The van der Waals surface area contributed by atoms with E-state index in [0.717, 1.165) is 11.1 Å². The molecule has 0 unspecified atom stereocenters. The van der Waals surface area contributed by atoms with E-state index in [1.54, 1.807) is 19.2 Å². The molecule has 2 saturated heterocycles. The zero-order valence-electron chi connectivity index (χ0n) is 35.8. The molecule has 7 atom stereocenters. The number of halogens is 3. The highest BCUT2D eigenvalue weighted by Crippen LogP contribution is 2.48. The second kappa shape index (κ2) is 17.1. The molecule has 3 aliphatic heterocycles. The number of pyridine rings is 1. The Kier molecular flexibility index (Phi) is 12.5. The minimum atomic E-state index is -4.91. The predicted molar refractivity (Wildman–Crippen MR) is 222 cm³/mol. The van der Waals surface area contributed by atoms with Crippen molar-refractivity contribution in [2.75, 3.05) is 37.7 Å². The molecule has 1 aromatic carbocycles. The van der Waals surface area contributed by atoms with Gasteiger partial charge in [-0.25, -0.2) is 18.2 Å². The van der Waals surface area contributed by atoms with Crippen molar-refractivity contribution in [1.82, 2.24) is 25.2 Å². The van der Waals surface area contributed by atoms with Gasteiger partial charge in [0.05, 0.1) is 36.4 Å². The first-order valence-corrected chi connectivity index (χ1v) is 23.0. The number of benzene rings is 1. The number of nitrogens with zero attached hydrogens (tertiary/aromatic N) is 3. The van der Waals surface area contributed by atoms with Crippen molar-refractivity contribution in [2.24, 2.45) is 17.8 Å². The minimum Gasteiger partial charge on any atom is -0.472 e. The fourth-order valence-corrected chi connectivity index (χ4v) is 10.0. The Morgan fingerprint density at radius 2 is 1.77 bits per heavy atom. The molecule has 4 heterocycles. The van der Waals surface area contributed by atoms with Crippen LogP contribution in [0.3, 0.4) is 0 Å². The average molecular weight is 891 g/mol. The highest BCUT2D eigenvalue weighted by molar-refractivity contribution is 7.91. The minimum absolute atomic E-state index is 0.0313. The first kappa shape index (κ1) is 45.4. The summed E-state index contributed by atoms with van der Waals surface area (Å²) in [6.07, 6.45) is 0.843. The Hall–Kier alpha value is -4.65. The van der Waals surface area contributed by atoms with Crippen LogP contribution in [0.15, 0.2) is 42.6 Å². The Labute approximate surface area is 359 Å². The van der Waals surface area contributed by atoms with Crippen molar-refractivity contribution in [2.45, 2.75) is 126 Å². The van der Waals surface area contributed by atoms with Crippen LogP contribution in [0.2, 0.25) is 0 Å². The van der Waals surface area contributed by atoms with Gasteiger partial charge in [-0.15, -0.1) is 0 Å². The summed E-state index contributed by atoms with van der Waals surface area (Å²) in [6.45, 7) is 8.99. The van der Waals surface area contributed by atoms with Crippen molar-refractivity contribution in [1.29, 1.82) is 0 Å². The molecule has 15 nitrogen and oxygen atoms in total. The zero-order chi connectivity index (χ0) is 44.8. The lowest BCUT2D eigenvalue weighted by Crippen LogP contribution is -2.60. The van der Waals surface area contributed by atoms with Gasteiger partial charge < -0.3 is 34.6 Å². The summed E-state index contributed by atoms with van der Waals surface area (Å²) in [5.41, 5.74) is -3.65. The van der Waals surface area contributed by atoms with Gasteiger partial charge in [0, 0.05) is 36.2 Å². The number of rotatable bonds is 9. The van der Waals surface area contributed by atoms with Crippen molar-refractivity contribution >= 4 is 50.3 Å². The number of carbonyl (C=O) groups is 4. The number of alkyl carbamates (subject to hydrolysis) is 1. The lowest BCUT2D eigenvalue weighted by molar-refractivity contribution is -0.244. The lowest BCUT2D eigenvalue weighted by Gasteiger charge is -2.35. The van der Waals surface area contributed by atoms with Crippen LogP contribution in [0.4, 0.5) is 23.7 Å². The van der Waals surface area contributed by atoms with E-state index in [0.29, 0.717) is 84.1 Å². The predicted octanol–water partition coefficient (Wildman–Crippen LogP) is 5.13. The third-order valence-corrected chi connectivity index (χ3v) is 15.4. The summed E-state index contributed by atoms with van der Waals surface area (Å²) < 4.78 is 86.2. The maximum atomic E-state index is 15.0. The van der Waals surface area contributed by atoms with E-state index in [2.05, 4.69) is 25.2 Å². The molecule has 62 heavy (non-hydrogen) atoms. The fourth-order valence-electron chi connectivity index (χ4n) is 8.72. The van der Waals surface area contributed by atoms with E-state index in [-0.39, 0.29) is 31.2 Å². The molecule has 19 heteroatoms. The molecule has 340 valence electrons. The molecule has 7 rings (SSSR count). The normalized spacial score (nSPS) is 29.9. The fraction of sp³-hybridized carbons (Fsp3) is 0.651. The number of aromatic nitrogens is 1. The van der Waals surface area contributed by atoms with E-state index in [1.807, 2.05) is 44.2 Å². The molecule has 4 fully saturated rings. The van der Waals surface area contributed by atoms with Gasteiger partial charge in [0.1, 0.15) is 23.7 Å². The van der Waals surface area contributed by atoms with E-state index in [4.69, 9.17) is 14.2 Å². The van der Waals surface area contributed by atoms with E-state index >= 15 is 4.79 Å². The summed E-state index contributed by atoms with van der Waals surface area (Å²) in [5.74, 6) is -3.31. The highest BCUT2D eigenvalue weighted by Gasteiger charge is 2.63. The molecule has 0 bridgehead atoms. The maximum absolute atomic E-state index is 15.0. The summed E-state index contributed by atoms with van der Waals surface area (Å²) >= 11 is 0. The molecule has 2 saturated carbocycles. The van der Waals surface area contributed by atoms with Crippen LogP contribution in [0.25, 0.3) is 10.8 Å². The third-order valence-electron chi connectivity index (χ3n) is 13.3. The molecular formula is C43H57F3N6O9S. The monoisotopic (exact) mass is 890 g/mol. The number of sulfonamides is 1. The third kappa shape index (κ3) is 9.19. The molecule has 0 spiro atoms. The smallest absolute Gasteiger partial charge is 0.427 e. The van der Waals surface area contributed by atoms with Crippen LogP contribution < -0.4 is 25.0 Å². The van der Waals surface area contributed by atoms with Crippen molar-refractivity contribution in [3.8, 4) is 5.88 Å². The van der Waals surface area contributed by atoms with E-state index < -0.39 is 85.9 Å². The highest BCUT2D eigenvalue weighted by atomic mass is 32.2. The van der Waals surface area contributed by atoms with Gasteiger partial charge in [-0.05, 0) is 77.2 Å². The lowest BCUT2D eigenvalue weighted by atomic mass is 9.85. The molecule has 0 radical (unpaired) electrons. The Morgan fingerprint density at radius 1 is 1.08 bits per heavy atom. The SMILES string of the molecule is CC[C@@H]1C[C@@H](C)CC/C=C\[C@@H]2C[C@@]2(C(=O)NS(=O)(=O)C2(C)CC2)NC(=O)[C@@H]2C[C@@H](Oc3ncc(N4CCOCC4)c4ccccc34)CN2C(=O)[C@H]1NC(=O)OC(C)(C)C(F)(F)F. The summed E-state index contributed by atoms with van der Waals surface area (Å²) in [6, 6.07) is 4.80. The van der Waals surface area contributed by atoms with Gasteiger partial charge in [-0.1, -0.05) is 50.6 Å². The Morgan fingerprint density at radius 3 is 2.44 bits per heavy atom. The number of ether oxygens (including phenoxy) is 3. The van der Waals surface area contributed by atoms with Gasteiger partial charge in [-0.2, -0.15) is 13.2 Å². The Bertz CT molecular complexity index is 2200. The van der Waals surface area contributed by atoms with Gasteiger partial charge in [-0.3, -0.25) is 19.1 Å². The summed E-state index contributed by atoms with van der Waals surface area (Å²) in [5, 5.41) is 6.83. The number of morpholine rings is 1. The van der Waals surface area contributed by atoms with Crippen LogP contribution >= 0.6 is 0 Å². The average Bonchev–Trinajstić information content (AvgIpc) is 4.10. The van der Waals surface area contributed by atoms with Crippen molar-refractivity contribution < 1.29 is 55.0 Å². The number of nitrogens with one attached hydrogen (secondary N) is 3. The van der Waals surface area contributed by atoms with Crippen molar-refractivity contribution in [3.63, 3.8) is 0 Å². The second-order valence-corrected chi connectivity index (χ2v) is 20.5. The molecule has 1 aromatic heterocycles. The standard InChI is InChI=1S/C43H57F3N6O9S/c1-6-27-21-26(2)11-7-8-12-28-23-42(28,38(55)50-62(57,58)41(5)15-16-41)49-35(53)32-22-29(25-52(32)37(54)34(27)48-39(56)61-40(3,4)43(44,45)46)60-36-31-14-10-9-13-30(31)33(24-47-36)51-17-19-59-20-18-51/h8-10,12-14,24,26-29,32,34H,6-7,11,15-23,25H2,1-5H3,(H,48,56)(H,49,53)(H,50,55)/b12-8-/t26-,27+,28+,29+,32-,34-,42+/m0/s1. The number of carbonyl (C=O) groups excluding carboxylic acids is 4. The van der Waals surface area contributed by atoms with Gasteiger partial charge in [0.25, 0.3) is 5.91 Å². The number of fused-ring (bicyclic) bond motifs is 3. The van der Waals surface area contributed by atoms with Crippen LogP contribution in [0, 0.1) is 17.8 Å². The van der Waals surface area contributed by atoms with Gasteiger partial charge in [0.15, 0.2) is 0 Å². The maximum Gasteiger partial charge on any atom is 0.427 e. The van der Waals surface area contributed by atoms with Gasteiger partial charge in [0.2, 0.25) is 33.3 Å². The second-order valence-electron chi connectivity index (χ2n) is 18.3. The summed E-state index contributed by atoms with van der Waals surface area (Å²) in [4.78, 5) is 65.1. The number of alkyl halides is 3. The van der Waals surface area contributed by atoms with Crippen LogP contribution in [-0.4, -0.2) is 115 Å². The first-order valence-electron chi connectivity index (χ1n) is 21.5. The van der Waals surface area contributed by atoms with Crippen molar-refractivity contribution in [3.05, 3.63) is 42.6 Å². The first-order chi connectivity index (χ1) is 29.2. The quantitative estimate of drug-likeness (QED) is 0.284. The molecular weight excluding hydrogens is 834 g/mol. The van der Waals surface area contributed by atoms with Crippen LogP contribution in [-0.2, 0) is 33.9 Å². The number of amides is 4. The Balaban J connectivity index is 1.24. The van der Waals surface area contributed by atoms with Gasteiger partial charge >= 0.3 is 12.3 Å².